The molecule has 1 rings (SSSR count). The van der Waals surface area contributed by atoms with Crippen LogP contribution in [0.25, 0.3) is 0 Å². The SMILES string of the molecule is CC(C)C(=O)NCCNC(=O)C(N)c1ccccc1. The molecule has 5 nitrogen and oxygen atoms in total. The molecule has 0 aliphatic rings. The lowest BCUT2D eigenvalue weighted by molar-refractivity contribution is -0.125. The summed E-state index contributed by atoms with van der Waals surface area (Å²) in [6, 6.07) is 8.49. The molecule has 0 saturated carbocycles. The first kappa shape index (κ1) is 15.2. The van der Waals surface area contributed by atoms with Gasteiger partial charge in [-0.15, -0.1) is 0 Å². The van der Waals surface area contributed by atoms with Crippen molar-refractivity contribution >= 4 is 11.8 Å². The summed E-state index contributed by atoms with van der Waals surface area (Å²) in [5.74, 6) is -0.325. The molecule has 0 aliphatic carbocycles. The third-order valence-electron chi connectivity index (χ3n) is 2.69. The number of nitrogens with one attached hydrogen (secondary N) is 2. The van der Waals surface area contributed by atoms with Crippen LogP contribution in [0.1, 0.15) is 25.5 Å². The zero-order valence-electron chi connectivity index (χ0n) is 11.3. The average molecular weight is 263 g/mol. The zero-order valence-corrected chi connectivity index (χ0v) is 11.3. The number of carbonyl (C=O) groups excluding carboxylic acids is 2. The molecular weight excluding hydrogens is 242 g/mol. The monoisotopic (exact) mass is 263 g/mol. The molecule has 5 heteroatoms. The molecule has 1 atom stereocenters. The van der Waals surface area contributed by atoms with Crippen LogP contribution >= 0.6 is 0 Å². The second-order valence-electron chi connectivity index (χ2n) is 4.63. The van der Waals surface area contributed by atoms with Gasteiger partial charge in [0.15, 0.2) is 0 Å². The first-order valence-electron chi connectivity index (χ1n) is 6.38. The van der Waals surface area contributed by atoms with Crippen molar-refractivity contribution in [3.05, 3.63) is 35.9 Å². The van der Waals surface area contributed by atoms with Crippen molar-refractivity contribution in [3.8, 4) is 0 Å². The van der Waals surface area contributed by atoms with Crippen molar-refractivity contribution in [1.29, 1.82) is 0 Å². The molecule has 104 valence electrons. The highest BCUT2D eigenvalue weighted by atomic mass is 16.2. The van der Waals surface area contributed by atoms with E-state index in [2.05, 4.69) is 10.6 Å². The number of hydrogen-bond donors (Lipinski definition) is 3. The average Bonchev–Trinajstić information content (AvgIpc) is 2.43. The van der Waals surface area contributed by atoms with Gasteiger partial charge in [-0.05, 0) is 5.56 Å². The minimum Gasteiger partial charge on any atom is -0.354 e. The molecule has 1 unspecified atom stereocenters. The number of amides is 2. The van der Waals surface area contributed by atoms with E-state index in [1.165, 1.54) is 0 Å². The maximum absolute atomic E-state index is 11.8. The Balaban J connectivity index is 2.30. The Kier molecular flexibility index (Phi) is 6.02. The fraction of sp³-hybridized carbons (Fsp3) is 0.429. The smallest absolute Gasteiger partial charge is 0.241 e. The lowest BCUT2D eigenvalue weighted by Gasteiger charge is -2.13. The Morgan fingerprint density at radius 1 is 1.05 bits per heavy atom. The van der Waals surface area contributed by atoms with Crippen LogP contribution in [0.3, 0.4) is 0 Å². The molecule has 0 spiro atoms. The van der Waals surface area contributed by atoms with Gasteiger partial charge in [0.25, 0.3) is 0 Å². The van der Waals surface area contributed by atoms with Crippen LogP contribution in [0, 0.1) is 5.92 Å². The lowest BCUT2D eigenvalue weighted by atomic mass is 10.1. The fourth-order valence-electron chi connectivity index (χ4n) is 1.50. The maximum Gasteiger partial charge on any atom is 0.241 e. The second-order valence-corrected chi connectivity index (χ2v) is 4.63. The fourth-order valence-corrected chi connectivity index (χ4v) is 1.50. The Bertz CT molecular complexity index is 418. The molecule has 0 bridgehead atoms. The van der Waals surface area contributed by atoms with E-state index in [0.717, 1.165) is 5.56 Å². The number of nitrogens with two attached hydrogens (primary N) is 1. The van der Waals surface area contributed by atoms with Gasteiger partial charge in [0.2, 0.25) is 11.8 Å². The molecule has 1 aromatic rings. The van der Waals surface area contributed by atoms with E-state index in [0.29, 0.717) is 13.1 Å². The van der Waals surface area contributed by atoms with Crippen LogP contribution in [0.5, 0.6) is 0 Å². The van der Waals surface area contributed by atoms with Crippen LogP contribution in [-0.4, -0.2) is 24.9 Å². The Morgan fingerprint density at radius 3 is 2.11 bits per heavy atom. The predicted octanol–water partition coefficient (Wildman–Crippen LogP) is 0.575. The number of hydrogen-bond acceptors (Lipinski definition) is 3. The zero-order chi connectivity index (χ0) is 14.3. The largest absolute Gasteiger partial charge is 0.354 e. The van der Waals surface area contributed by atoms with Gasteiger partial charge in [-0.25, -0.2) is 0 Å². The summed E-state index contributed by atoms with van der Waals surface area (Å²) >= 11 is 0. The molecule has 1 aromatic carbocycles. The van der Waals surface area contributed by atoms with Crippen molar-refractivity contribution in [1.82, 2.24) is 10.6 Å². The maximum atomic E-state index is 11.8. The molecule has 0 heterocycles. The summed E-state index contributed by atoms with van der Waals surface area (Å²) < 4.78 is 0. The van der Waals surface area contributed by atoms with Crippen LogP contribution in [0.4, 0.5) is 0 Å². The molecule has 19 heavy (non-hydrogen) atoms. The Morgan fingerprint density at radius 2 is 1.58 bits per heavy atom. The van der Waals surface area contributed by atoms with Gasteiger partial charge in [0.1, 0.15) is 6.04 Å². The van der Waals surface area contributed by atoms with Gasteiger partial charge in [-0.3, -0.25) is 9.59 Å². The van der Waals surface area contributed by atoms with Gasteiger partial charge in [-0.2, -0.15) is 0 Å². The van der Waals surface area contributed by atoms with Crippen molar-refractivity contribution in [2.75, 3.05) is 13.1 Å². The van der Waals surface area contributed by atoms with Crippen LogP contribution < -0.4 is 16.4 Å². The minimum absolute atomic E-state index is 0.0263. The summed E-state index contributed by atoms with van der Waals surface area (Å²) in [6.07, 6.45) is 0. The highest BCUT2D eigenvalue weighted by Gasteiger charge is 2.14. The number of carbonyl (C=O) groups is 2. The molecule has 4 N–H and O–H groups in total. The summed E-state index contributed by atoms with van der Waals surface area (Å²) in [4.78, 5) is 23.1. The number of benzene rings is 1. The van der Waals surface area contributed by atoms with Gasteiger partial charge in [-0.1, -0.05) is 44.2 Å². The van der Waals surface area contributed by atoms with E-state index in [9.17, 15) is 9.59 Å². The van der Waals surface area contributed by atoms with Crippen LogP contribution in [-0.2, 0) is 9.59 Å². The van der Waals surface area contributed by atoms with Gasteiger partial charge in [0.05, 0.1) is 0 Å². The second kappa shape index (κ2) is 7.53. The molecule has 0 aliphatic heterocycles. The Labute approximate surface area is 113 Å². The third kappa shape index (κ3) is 5.09. The predicted molar refractivity (Wildman–Crippen MR) is 74.2 cm³/mol. The molecule has 0 radical (unpaired) electrons. The van der Waals surface area contributed by atoms with E-state index in [4.69, 9.17) is 5.73 Å². The molecule has 0 saturated heterocycles. The highest BCUT2D eigenvalue weighted by molar-refractivity contribution is 5.83. The number of rotatable bonds is 6. The third-order valence-corrected chi connectivity index (χ3v) is 2.69. The summed E-state index contributed by atoms with van der Waals surface area (Å²) in [7, 11) is 0. The van der Waals surface area contributed by atoms with Gasteiger partial charge < -0.3 is 16.4 Å². The molecular formula is C14H21N3O2. The van der Waals surface area contributed by atoms with Crippen LogP contribution in [0.15, 0.2) is 30.3 Å². The molecule has 0 fully saturated rings. The quantitative estimate of drug-likeness (QED) is 0.656. The highest BCUT2D eigenvalue weighted by Crippen LogP contribution is 2.08. The van der Waals surface area contributed by atoms with E-state index < -0.39 is 6.04 Å². The van der Waals surface area contributed by atoms with Crippen LogP contribution in [0.2, 0.25) is 0 Å². The normalized spacial score (nSPS) is 12.0. The summed E-state index contributed by atoms with van der Waals surface area (Å²) in [5, 5.41) is 5.42. The van der Waals surface area contributed by atoms with Crippen molar-refractivity contribution in [2.24, 2.45) is 11.7 Å². The van der Waals surface area contributed by atoms with E-state index in [1.54, 1.807) is 0 Å². The summed E-state index contributed by atoms with van der Waals surface area (Å²) in [5.41, 5.74) is 6.60. The van der Waals surface area contributed by atoms with Gasteiger partial charge >= 0.3 is 0 Å². The van der Waals surface area contributed by atoms with Crippen molar-refractivity contribution < 1.29 is 9.59 Å². The van der Waals surface area contributed by atoms with Crippen molar-refractivity contribution in [3.63, 3.8) is 0 Å². The van der Waals surface area contributed by atoms with E-state index >= 15 is 0 Å². The summed E-state index contributed by atoms with van der Waals surface area (Å²) in [6.45, 7) is 4.42. The van der Waals surface area contributed by atoms with Crippen molar-refractivity contribution in [2.45, 2.75) is 19.9 Å². The first-order chi connectivity index (χ1) is 9.02. The molecule has 2 amide bonds. The molecule has 0 aromatic heterocycles. The standard InChI is InChI=1S/C14H21N3O2/c1-10(2)13(18)16-8-9-17-14(19)12(15)11-6-4-3-5-7-11/h3-7,10,12H,8-9,15H2,1-2H3,(H,16,18)(H,17,19). The topological polar surface area (TPSA) is 84.2 Å². The minimum atomic E-state index is -0.679. The van der Waals surface area contributed by atoms with Gasteiger partial charge in [0, 0.05) is 19.0 Å². The van der Waals surface area contributed by atoms with E-state index in [1.807, 2.05) is 44.2 Å². The first-order valence-corrected chi connectivity index (χ1v) is 6.38. The lowest BCUT2D eigenvalue weighted by Crippen LogP contribution is -2.40. The Hall–Kier alpha value is -1.88. The van der Waals surface area contributed by atoms with E-state index in [-0.39, 0.29) is 17.7 Å².